The molecule has 1 aliphatic rings. The zero-order valence-electron chi connectivity index (χ0n) is 11.2. The first-order valence-corrected chi connectivity index (χ1v) is 6.91. The highest BCUT2D eigenvalue weighted by molar-refractivity contribution is 5.76. The van der Waals surface area contributed by atoms with E-state index < -0.39 is 0 Å². The largest absolute Gasteiger partial charge is 0.461 e. The van der Waals surface area contributed by atoms with Gasteiger partial charge in [0, 0.05) is 18.4 Å². The van der Waals surface area contributed by atoms with Crippen molar-refractivity contribution in [1.29, 1.82) is 0 Å². The van der Waals surface area contributed by atoms with Crippen LogP contribution in [0.2, 0.25) is 0 Å². The molecule has 0 aliphatic heterocycles. The molecule has 98 valence electrons. The lowest BCUT2D eigenvalue weighted by Gasteiger charge is -2.19. The van der Waals surface area contributed by atoms with Crippen LogP contribution in [0, 0.1) is 0 Å². The molecule has 0 saturated heterocycles. The first kappa shape index (κ1) is 12.2. The van der Waals surface area contributed by atoms with Gasteiger partial charge in [-0.3, -0.25) is 0 Å². The number of furan rings is 1. The van der Waals surface area contributed by atoms with Crippen molar-refractivity contribution in [3.8, 4) is 11.3 Å². The highest BCUT2D eigenvalue weighted by Gasteiger charge is 2.25. The third kappa shape index (κ3) is 2.48. The number of carbonyl (C=O) groups excluding carboxylic acids is 1. The van der Waals surface area contributed by atoms with Crippen molar-refractivity contribution in [2.45, 2.75) is 38.5 Å². The highest BCUT2D eigenvalue weighted by Crippen LogP contribution is 2.38. The van der Waals surface area contributed by atoms with Gasteiger partial charge < -0.3 is 9.21 Å². The molecule has 0 amide bonds. The minimum atomic E-state index is 0.264. The van der Waals surface area contributed by atoms with Crippen molar-refractivity contribution >= 4 is 5.78 Å². The maximum Gasteiger partial charge on any atom is 0.134 e. The molecule has 0 N–H and O–H groups in total. The van der Waals surface area contributed by atoms with Crippen LogP contribution >= 0.6 is 0 Å². The summed E-state index contributed by atoms with van der Waals surface area (Å²) in [5.41, 5.74) is 2.36. The Labute approximate surface area is 113 Å². The fourth-order valence-corrected chi connectivity index (χ4v) is 2.95. The Balaban J connectivity index is 1.95. The first-order chi connectivity index (χ1) is 9.24. The average Bonchev–Trinajstić information content (AvgIpc) is 2.84. The third-order valence-corrected chi connectivity index (χ3v) is 3.83. The summed E-state index contributed by atoms with van der Waals surface area (Å²) in [6.45, 7) is 1.67. The second-order valence-electron chi connectivity index (χ2n) is 5.35. The smallest absolute Gasteiger partial charge is 0.134 e. The molecule has 1 unspecified atom stereocenters. The zero-order chi connectivity index (χ0) is 13.2. The summed E-state index contributed by atoms with van der Waals surface area (Å²) in [6, 6.07) is 12.3. The topological polar surface area (TPSA) is 30.2 Å². The quantitative estimate of drug-likeness (QED) is 0.815. The molecule has 2 aromatic rings. The molecule has 2 nitrogen and oxygen atoms in total. The van der Waals surface area contributed by atoms with E-state index in [4.69, 9.17) is 4.42 Å². The Morgan fingerprint density at radius 3 is 2.84 bits per heavy atom. The number of carbonyl (C=O) groups is 1. The molecule has 3 rings (SSSR count). The Morgan fingerprint density at radius 1 is 1.32 bits per heavy atom. The van der Waals surface area contributed by atoms with Crippen LogP contribution in [0.25, 0.3) is 11.3 Å². The van der Waals surface area contributed by atoms with E-state index in [0.717, 1.165) is 36.3 Å². The van der Waals surface area contributed by atoms with Crippen molar-refractivity contribution in [3.63, 3.8) is 0 Å². The molecule has 19 heavy (non-hydrogen) atoms. The number of fused-ring (bicyclic) bond motifs is 1. The summed E-state index contributed by atoms with van der Waals surface area (Å²) in [5, 5.41) is 0. The van der Waals surface area contributed by atoms with Gasteiger partial charge in [-0.2, -0.15) is 0 Å². The van der Waals surface area contributed by atoms with Gasteiger partial charge >= 0.3 is 0 Å². The van der Waals surface area contributed by atoms with Crippen LogP contribution in [-0.2, 0) is 11.2 Å². The SMILES string of the molecule is CC(=O)CC1CCCc2oc(-c3ccccc3)cc21. The van der Waals surface area contributed by atoms with E-state index in [1.54, 1.807) is 6.92 Å². The monoisotopic (exact) mass is 254 g/mol. The van der Waals surface area contributed by atoms with E-state index in [0.29, 0.717) is 12.3 Å². The second kappa shape index (κ2) is 5.04. The average molecular weight is 254 g/mol. The molecular formula is C17H18O2. The van der Waals surface area contributed by atoms with Gasteiger partial charge in [-0.25, -0.2) is 0 Å². The lowest BCUT2D eigenvalue weighted by Crippen LogP contribution is -2.10. The molecule has 0 spiro atoms. The van der Waals surface area contributed by atoms with Crippen molar-refractivity contribution in [1.82, 2.24) is 0 Å². The van der Waals surface area contributed by atoms with Crippen LogP contribution in [0.5, 0.6) is 0 Å². The summed E-state index contributed by atoms with van der Waals surface area (Å²) in [4.78, 5) is 11.4. The zero-order valence-corrected chi connectivity index (χ0v) is 11.2. The molecule has 0 radical (unpaired) electrons. The lowest BCUT2D eigenvalue weighted by atomic mass is 9.84. The minimum Gasteiger partial charge on any atom is -0.461 e. The molecular weight excluding hydrogens is 236 g/mol. The Hall–Kier alpha value is -1.83. The van der Waals surface area contributed by atoms with E-state index in [-0.39, 0.29) is 5.78 Å². The van der Waals surface area contributed by atoms with E-state index in [1.165, 1.54) is 5.56 Å². The van der Waals surface area contributed by atoms with Gasteiger partial charge in [-0.15, -0.1) is 0 Å². The maximum absolute atomic E-state index is 11.4. The summed E-state index contributed by atoms with van der Waals surface area (Å²) < 4.78 is 5.99. The molecule has 0 fully saturated rings. The Morgan fingerprint density at radius 2 is 2.11 bits per heavy atom. The van der Waals surface area contributed by atoms with E-state index in [1.807, 2.05) is 18.2 Å². The van der Waals surface area contributed by atoms with Gasteiger partial charge in [0.25, 0.3) is 0 Å². The molecule has 1 heterocycles. The second-order valence-corrected chi connectivity index (χ2v) is 5.35. The van der Waals surface area contributed by atoms with E-state index in [9.17, 15) is 4.79 Å². The molecule has 2 heteroatoms. The van der Waals surface area contributed by atoms with E-state index in [2.05, 4.69) is 18.2 Å². The summed E-state index contributed by atoms with van der Waals surface area (Å²) >= 11 is 0. The van der Waals surface area contributed by atoms with Crippen molar-refractivity contribution in [2.75, 3.05) is 0 Å². The molecule has 1 aliphatic carbocycles. The predicted molar refractivity (Wildman–Crippen MR) is 75.1 cm³/mol. The van der Waals surface area contributed by atoms with Crippen molar-refractivity contribution < 1.29 is 9.21 Å². The number of Topliss-reactive ketones (excluding diaryl/α,β-unsaturated/α-hetero) is 1. The fraction of sp³-hybridized carbons (Fsp3) is 0.353. The molecule has 1 atom stereocenters. The summed E-state index contributed by atoms with van der Waals surface area (Å²) in [7, 11) is 0. The molecule has 0 bridgehead atoms. The van der Waals surface area contributed by atoms with Gasteiger partial charge in [-0.1, -0.05) is 30.3 Å². The number of hydrogen-bond acceptors (Lipinski definition) is 2. The maximum atomic E-state index is 11.4. The number of aryl methyl sites for hydroxylation is 1. The minimum absolute atomic E-state index is 0.264. The predicted octanol–water partition coefficient (Wildman–Crippen LogP) is 4.35. The summed E-state index contributed by atoms with van der Waals surface area (Å²) in [6.07, 6.45) is 3.85. The number of hydrogen-bond donors (Lipinski definition) is 0. The summed E-state index contributed by atoms with van der Waals surface area (Å²) in [5.74, 6) is 2.63. The highest BCUT2D eigenvalue weighted by atomic mass is 16.3. The van der Waals surface area contributed by atoms with Crippen molar-refractivity contribution in [3.05, 3.63) is 47.7 Å². The number of rotatable bonds is 3. The standard InChI is InChI=1S/C17H18O2/c1-12(18)10-14-8-5-9-16-15(14)11-17(19-16)13-6-3-2-4-7-13/h2-4,6-7,11,14H,5,8-10H2,1H3. The fourth-order valence-electron chi connectivity index (χ4n) is 2.95. The van der Waals surface area contributed by atoms with Crippen molar-refractivity contribution in [2.24, 2.45) is 0 Å². The Kier molecular flexibility index (Phi) is 3.24. The van der Waals surface area contributed by atoms with Gasteiger partial charge in [0.1, 0.15) is 17.3 Å². The third-order valence-electron chi connectivity index (χ3n) is 3.83. The van der Waals surface area contributed by atoms with Gasteiger partial charge in [0.05, 0.1) is 0 Å². The van der Waals surface area contributed by atoms with E-state index >= 15 is 0 Å². The van der Waals surface area contributed by atoms with Crippen LogP contribution in [0.4, 0.5) is 0 Å². The molecule has 1 aromatic carbocycles. The van der Waals surface area contributed by atoms with Crippen LogP contribution in [0.15, 0.2) is 40.8 Å². The Bertz CT molecular complexity index is 581. The van der Waals surface area contributed by atoms with Crippen LogP contribution < -0.4 is 0 Å². The van der Waals surface area contributed by atoms with Crippen LogP contribution in [-0.4, -0.2) is 5.78 Å². The molecule has 1 aromatic heterocycles. The van der Waals surface area contributed by atoms with Gasteiger partial charge in [0.2, 0.25) is 0 Å². The van der Waals surface area contributed by atoms with Crippen LogP contribution in [0.1, 0.15) is 43.4 Å². The van der Waals surface area contributed by atoms with Gasteiger partial charge in [-0.05, 0) is 37.3 Å². The normalized spacial score (nSPS) is 18.1. The molecule has 0 saturated carbocycles. The lowest BCUT2D eigenvalue weighted by molar-refractivity contribution is -0.117. The van der Waals surface area contributed by atoms with Gasteiger partial charge in [0.15, 0.2) is 0 Å². The number of benzene rings is 1. The number of ketones is 1. The van der Waals surface area contributed by atoms with Crippen LogP contribution in [0.3, 0.4) is 0 Å². The first-order valence-electron chi connectivity index (χ1n) is 6.91.